The minimum Gasteiger partial charge on any atom is -0.497 e. The SMILES string of the molecule is COc1ccc(NC(=S)NN=C2Nc3ccccc3C2=O)cc1. The van der Waals surface area contributed by atoms with E-state index in [1.54, 1.807) is 13.2 Å². The molecule has 2 aromatic carbocycles. The molecule has 0 aliphatic carbocycles. The second kappa shape index (κ2) is 6.45. The van der Waals surface area contributed by atoms with Crippen molar-refractivity contribution in [3.05, 3.63) is 54.1 Å². The van der Waals surface area contributed by atoms with Crippen molar-refractivity contribution in [3.63, 3.8) is 0 Å². The Morgan fingerprint density at radius 3 is 2.61 bits per heavy atom. The number of hydrazone groups is 1. The highest BCUT2D eigenvalue weighted by Gasteiger charge is 2.25. The maximum Gasteiger partial charge on any atom is 0.232 e. The van der Waals surface area contributed by atoms with Gasteiger partial charge in [-0.1, -0.05) is 12.1 Å². The summed E-state index contributed by atoms with van der Waals surface area (Å²) in [4.78, 5) is 12.1. The largest absolute Gasteiger partial charge is 0.497 e. The molecule has 3 N–H and O–H groups in total. The third-order valence-corrected chi connectivity index (χ3v) is 3.45. The third kappa shape index (κ3) is 3.29. The first-order chi connectivity index (χ1) is 11.2. The van der Waals surface area contributed by atoms with Gasteiger partial charge in [0.15, 0.2) is 10.9 Å². The Balaban J connectivity index is 1.62. The lowest BCUT2D eigenvalue weighted by molar-refractivity contribution is 0.106. The molecule has 116 valence electrons. The van der Waals surface area contributed by atoms with Gasteiger partial charge in [0.25, 0.3) is 0 Å². The molecule has 0 bridgehead atoms. The quantitative estimate of drug-likeness (QED) is 0.595. The number of nitrogens with one attached hydrogen (secondary N) is 3. The molecule has 1 aliphatic rings. The van der Waals surface area contributed by atoms with Gasteiger partial charge in [0.1, 0.15) is 5.75 Å². The van der Waals surface area contributed by atoms with Gasteiger partial charge >= 0.3 is 0 Å². The number of para-hydroxylation sites is 1. The molecule has 0 radical (unpaired) electrons. The minimum atomic E-state index is -0.166. The van der Waals surface area contributed by atoms with E-state index in [-0.39, 0.29) is 16.7 Å². The van der Waals surface area contributed by atoms with Crippen molar-refractivity contribution < 1.29 is 9.53 Å². The van der Waals surface area contributed by atoms with Gasteiger partial charge in [-0.3, -0.25) is 10.2 Å². The van der Waals surface area contributed by atoms with Gasteiger partial charge in [-0.2, -0.15) is 5.10 Å². The number of hydrogen-bond donors (Lipinski definition) is 3. The standard InChI is InChI=1S/C16H14N4O2S/c1-22-11-8-6-10(7-9-11)17-16(23)20-19-15-14(21)12-4-2-3-5-13(12)18-15/h2-9H,1H3,(H2,17,20,23)(H,18,19,21). The lowest BCUT2D eigenvalue weighted by atomic mass is 10.1. The second-order valence-corrected chi connectivity index (χ2v) is 5.16. The average molecular weight is 326 g/mol. The fraction of sp³-hybridized carbons (Fsp3) is 0.0625. The third-order valence-electron chi connectivity index (χ3n) is 3.26. The average Bonchev–Trinajstić information content (AvgIpc) is 2.90. The molecule has 0 spiro atoms. The zero-order valence-corrected chi connectivity index (χ0v) is 13.1. The van der Waals surface area contributed by atoms with Gasteiger partial charge in [-0.05, 0) is 48.6 Å². The molecule has 0 saturated heterocycles. The fourth-order valence-corrected chi connectivity index (χ4v) is 2.28. The summed E-state index contributed by atoms with van der Waals surface area (Å²) in [6.45, 7) is 0. The number of carbonyl (C=O) groups is 1. The molecule has 0 unspecified atom stereocenters. The first kappa shape index (κ1) is 15.0. The van der Waals surface area contributed by atoms with E-state index in [2.05, 4.69) is 21.2 Å². The number of Topliss-reactive ketones (excluding diaryl/α,β-unsaturated/α-hetero) is 1. The van der Waals surface area contributed by atoms with Crippen molar-refractivity contribution in [2.24, 2.45) is 5.10 Å². The number of thiocarbonyl (C=S) groups is 1. The maximum absolute atomic E-state index is 12.1. The summed E-state index contributed by atoms with van der Waals surface area (Å²) in [7, 11) is 1.61. The molecule has 0 saturated carbocycles. The lowest BCUT2D eigenvalue weighted by Crippen LogP contribution is -2.27. The highest BCUT2D eigenvalue weighted by atomic mass is 32.1. The zero-order chi connectivity index (χ0) is 16.2. The Morgan fingerprint density at radius 1 is 1.17 bits per heavy atom. The summed E-state index contributed by atoms with van der Waals surface area (Å²) in [5, 5.41) is 10.2. The molecule has 1 aliphatic heterocycles. The van der Waals surface area contributed by atoms with Crippen LogP contribution in [0.3, 0.4) is 0 Å². The first-order valence-electron chi connectivity index (χ1n) is 6.87. The molecular weight excluding hydrogens is 312 g/mol. The molecule has 23 heavy (non-hydrogen) atoms. The summed E-state index contributed by atoms with van der Waals surface area (Å²) in [5.41, 5.74) is 4.79. The Morgan fingerprint density at radius 2 is 1.91 bits per heavy atom. The van der Waals surface area contributed by atoms with E-state index in [1.165, 1.54) is 0 Å². The highest BCUT2D eigenvalue weighted by molar-refractivity contribution is 7.80. The van der Waals surface area contributed by atoms with Crippen molar-refractivity contribution in [1.29, 1.82) is 0 Å². The number of amidine groups is 1. The summed E-state index contributed by atoms with van der Waals surface area (Å²) in [6.07, 6.45) is 0. The number of hydrogen-bond acceptors (Lipinski definition) is 4. The van der Waals surface area contributed by atoms with E-state index in [9.17, 15) is 4.79 Å². The minimum absolute atomic E-state index is 0.166. The van der Waals surface area contributed by atoms with Crippen LogP contribution in [0.15, 0.2) is 53.6 Å². The van der Waals surface area contributed by atoms with Gasteiger partial charge in [0.05, 0.1) is 12.8 Å². The summed E-state index contributed by atoms with van der Waals surface area (Å²) < 4.78 is 5.09. The van der Waals surface area contributed by atoms with Crippen molar-refractivity contribution in [3.8, 4) is 5.75 Å². The number of nitrogens with zero attached hydrogens (tertiary/aromatic N) is 1. The summed E-state index contributed by atoms with van der Waals surface area (Å²) >= 11 is 5.16. The Bertz CT molecular complexity index is 787. The predicted molar refractivity (Wildman–Crippen MR) is 94.2 cm³/mol. The van der Waals surface area contributed by atoms with Crippen LogP contribution in [0.2, 0.25) is 0 Å². The van der Waals surface area contributed by atoms with Crippen molar-refractivity contribution in [2.45, 2.75) is 0 Å². The maximum atomic E-state index is 12.1. The van der Waals surface area contributed by atoms with Gasteiger partial charge in [0, 0.05) is 11.3 Å². The number of benzene rings is 2. The molecular formula is C16H14N4O2S. The van der Waals surface area contributed by atoms with Gasteiger partial charge in [-0.25, -0.2) is 0 Å². The number of anilines is 2. The van der Waals surface area contributed by atoms with Crippen molar-refractivity contribution >= 4 is 40.3 Å². The second-order valence-electron chi connectivity index (χ2n) is 4.75. The van der Waals surface area contributed by atoms with Crippen LogP contribution in [0.5, 0.6) is 5.75 Å². The monoisotopic (exact) mass is 326 g/mol. The molecule has 0 amide bonds. The molecule has 0 aromatic heterocycles. The van der Waals surface area contributed by atoms with Crippen LogP contribution in [-0.4, -0.2) is 23.8 Å². The molecule has 0 atom stereocenters. The van der Waals surface area contributed by atoms with E-state index >= 15 is 0 Å². The number of ketones is 1. The first-order valence-corrected chi connectivity index (χ1v) is 7.27. The normalized spacial score (nSPS) is 14.1. The van der Waals surface area contributed by atoms with E-state index in [1.807, 2.05) is 42.5 Å². The lowest BCUT2D eigenvalue weighted by Gasteiger charge is -2.08. The predicted octanol–water partition coefficient (Wildman–Crippen LogP) is 2.60. The highest BCUT2D eigenvalue weighted by Crippen LogP contribution is 2.22. The smallest absolute Gasteiger partial charge is 0.232 e. The van der Waals surface area contributed by atoms with E-state index in [0.717, 1.165) is 17.1 Å². The van der Waals surface area contributed by atoms with Crippen molar-refractivity contribution in [1.82, 2.24) is 5.43 Å². The van der Waals surface area contributed by atoms with Gasteiger partial charge in [-0.15, -0.1) is 0 Å². The van der Waals surface area contributed by atoms with E-state index in [4.69, 9.17) is 17.0 Å². The molecule has 6 nitrogen and oxygen atoms in total. The van der Waals surface area contributed by atoms with E-state index in [0.29, 0.717) is 5.56 Å². The number of fused-ring (bicyclic) bond motifs is 1. The topological polar surface area (TPSA) is 74.8 Å². The van der Waals surface area contributed by atoms with Crippen LogP contribution in [-0.2, 0) is 0 Å². The van der Waals surface area contributed by atoms with Crippen LogP contribution in [0.25, 0.3) is 0 Å². The van der Waals surface area contributed by atoms with Gasteiger partial charge in [0.2, 0.25) is 5.78 Å². The molecule has 3 rings (SSSR count). The molecule has 1 heterocycles. The van der Waals surface area contributed by atoms with Crippen LogP contribution in [0.1, 0.15) is 10.4 Å². The number of rotatable bonds is 3. The summed E-state index contributed by atoms with van der Waals surface area (Å²) in [5.74, 6) is 0.804. The van der Waals surface area contributed by atoms with Crippen LogP contribution >= 0.6 is 12.2 Å². The Kier molecular flexibility index (Phi) is 4.20. The summed E-state index contributed by atoms with van der Waals surface area (Å²) in [6, 6.07) is 14.5. The number of carbonyl (C=O) groups excluding carboxylic acids is 1. The molecule has 7 heteroatoms. The van der Waals surface area contributed by atoms with Crippen molar-refractivity contribution in [2.75, 3.05) is 17.7 Å². The zero-order valence-electron chi connectivity index (χ0n) is 12.3. The van der Waals surface area contributed by atoms with E-state index < -0.39 is 0 Å². The molecule has 2 aromatic rings. The fourth-order valence-electron chi connectivity index (χ4n) is 2.12. The van der Waals surface area contributed by atoms with Crippen LogP contribution < -0.4 is 20.8 Å². The Hall–Kier alpha value is -2.93. The van der Waals surface area contributed by atoms with Crippen LogP contribution in [0, 0.1) is 0 Å². The molecule has 0 fully saturated rings. The Labute approximate surface area is 138 Å². The number of methoxy groups -OCH3 is 1. The van der Waals surface area contributed by atoms with Crippen LogP contribution in [0.4, 0.5) is 11.4 Å². The van der Waals surface area contributed by atoms with Gasteiger partial charge < -0.3 is 15.4 Å². The number of ether oxygens (including phenoxy) is 1.